The van der Waals surface area contributed by atoms with Crippen molar-refractivity contribution in [1.29, 1.82) is 0 Å². The second-order valence-corrected chi connectivity index (χ2v) is 8.03. The van der Waals surface area contributed by atoms with E-state index in [0.29, 0.717) is 21.9 Å². The van der Waals surface area contributed by atoms with Crippen molar-refractivity contribution < 1.29 is 14.3 Å². The average molecular weight is 400 g/mol. The predicted molar refractivity (Wildman–Crippen MR) is 113 cm³/mol. The number of amides is 2. The lowest BCUT2D eigenvalue weighted by molar-refractivity contribution is 0.0955. The summed E-state index contributed by atoms with van der Waals surface area (Å²) < 4.78 is 5.29. The van der Waals surface area contributed by atoms with E-state index >= 15 is 0 Å². The molecule has 148 valence electrons. The van der Waals surface area contributed by atoms with Gasteiger partial charge in [0.1, 0.15) is 10.8 Å². The zero-order valence-electron chi connectivity index (χ0n) is 16.4. The van der Waals surface area contributed by atoms with Crippen LogP contribution in [0.15, 0.2) is 29.4 Å². The van der Waals surface area contributed by atoms with Gasteiger partial charge in [-0.25, -0.2) is 5.43 Å². The highest BCUT2D eigenvalue weighted by Gasteiger charge is 2.26. The maximum atomic E-state index is 12.9. The highest BCUT2D eigenvalue weighted by Crippen LogP contribution is 2.38. The van der Waals surface area contributed by atoms with Crippen molar-refractivity contribution in [3.05, 3.63) is 45.8 Å². The second-order valence-electron chi connectivity index (χ2n) is 6.92. The van der Waals surface area contributed by atoms with Crippen molar-refractivity contribution in [2.45, 2.75) is 46.0 Å². The van der Waals surface area contributed by atoms with E-state index in [1.54, 1.807) is 18.2 Å². The third kappa shape index (κ3) is 4.42. The van der Waals surface area contributed by atoms with E-state index in [0.717, 1.165) is 43.4 Å². The van der Waals surface area contributed by atoms with Gasteiger partial charge in [0.25, 0.3) is 11.8 Å². The lowest BCUT2D eigenvalue weighted by Crippen LogP contribution is -2.22. The van der Waals surface area contributed by atoms with Crippen molar-refractivity contribution in [2.24, 2.45) is 5.10 Å². The summed E-state index contributed by atoms with van der Waals surface area (Å²) >= 11 is 1.49. The van der Waals surface area contributed by atoms with Crippen LogP contribution in [0.5, 0.6) is 5.75 Å². The Morgan fingerprint density at radius 1 is 1.07 bits per heavy atom. The summed E-state index contributed by atoms with van der Waals surface area (Å²) in [6, 6.07) is 7.04. The highest BCUT2D eigenvalue weighted by atomic mass is 32.1. The number of thiophene rings is 1. The van der Waals surface area contributed by atoms with Gasteiger partial charge in [-0.3, -0.25) is 9.59 Å². The zero-order chi connectivity index (χ0) is 20.1. The number of para-hydroxylation sites is 1. The first-order valence-corrected chi connectivity index (χ1v) is 10.2. The summed E-state index contributed by atoms with van der Waals surface area (Å²) in [6.45, 7) is 3.64. The molecule has 0 aliphatic heterocycles. The van der Waals surface area contributed by atoms with Gasteiger partial charge < -0.3 is 10.1 Å². The smallest absolute Gasteiger partial charge is 0.274 e. The number of carbonyl (C=O) groups excluding carboxylic acids is 2. The van der Waals surface area contributed by atoms with Crippen molar-refractivity contribution in [3.63, 3.8) is 0 Å². The molecule has 1 aromatic carbocycles. The third-order valence-corrected chi connectivity index (χ3v) is 5.82. The summed E-state index contributed by atoms with van der Waals surface area (Å²) in [6.07, 6.45) is 5.06. The Morgan fingerprint density at radius 3 is 2.57 bits per heavy atom. The first-order valence-electron chi connectivity index (χ1n) is 9.41. The normalized spacial score (nSPS) is 13.1. The van der Waals surface area contributed by atoms with Crippen molar-refractivity contribution in [3.8, 4) is 5.75 Å². The van der Waals surface area contributed by atoms with Gasteiger partial charge in [-0.05, 0) is 57.2 Å². The number of hydrazone groups is 1. The summed E-state index contributed by atoms with van der Waals surface area (Å²) in [5, 5.41) is 7.56. The van der Waals surface area contributed by atoms with E-state index in [1.165, 1.54) is 23.3 Å². The van der Waals surface area contributed by atoms with Crippen LogP contribution in [-0.4, -0.2) is 24.6 Å². The van der Waals surface area contributed by atoms with Crippen LogP contribution in [0.25, 0.3) is 0 Å². The fourth-order valence-corrected chi connectivity index (χ4v) is 4.57. The maximum absolute atomic E-state index is 12.9. The third-order valence-electron chi connectivity index (χ3n) is 4.61. The Labute approximate surface area is 169 Å². The van der Waals surface area contributed by atoms with Gasteiger partial charge in [0, 0.05) is 10.6 Å². The molecule has 2 N–H and O–H groups in total. The topological polar surface area (TPSA) is 79.8 Å². The van der Waals surface area contributed by atoms with Crippen molar-refractivity contribution in [1.82, 2.24) is 5.43 Å². The van der Waals surface area contributed by atoms with Gasteiger partial charge in [0.15, 0.2) is 0 Å². The van der Waals surface area contributed by atoms with Crippen LogP contribution in [0.4, 0.5) is 5.00 Å². The molecule has 0 saturated carbocycles. The van der Waals surface area contributed by atoms with Crippen LogP contribution in [-0.2, 0) is 12.8 Å². The molecule has 1 aliphatic carbocycles. The van der Waals surface area contributed by atoms with E-state index in [-0.39, 0.29) is 11.8 Å². The number of fused-ring (bicyclic) bond motifs is 1. The van der Waals surface area contributed by atoms with Crippen molar-refractivity contribution >= 4 is 33.9 Å². The van der Waals surface area contributed by atoms with Crippen LogP contribution in [0, 0.1) is 0 Å². The average Bonchev–Trinajstić information content (AvgIpc) is 2.86. The fourth-order valence-electron chi connectivity index (χ4n) is 3.29. The van der Waals surface area contributed by atoms with Gasteiger partial charge in [-0.1, -0.05) is 18.6 Å². The Balaban J connectivity index is 1.96. The molecular formula is C21H25N3O3S. The van der Waals surface area contributed by atoms with Crippen molar-refractivity contribution in [2.75, 3.05) is 12.4 Å². The summed E-state index contributed by atoms with van der Waals surface area (Å²) in [5.41, 5.74) is 5.38. The van der Waals surface area contributed by atoms with Gasteiger partial charge in [0.05, 0.1) is 18.2 Å². The van der Waals surface area contributed by atoms with Crippen LogP contribution >= 0.6 is 11.3 Å². The highest BCUT2D eigenvalue weighted by molar-refractivity contribution is 7.17. The van der Waals surface area contributed by atoms with Crippen LogP contribution in [0.3, 0.4) is 0 Å². The van der Waals surface area contributed by atoms with Crippen LogP contribution in [0.2, 0.25) is 0 Å². The number of rotatable bonds is 5. The van der Waals surface area contributed by atoms with Crippen LogP contribution < -0.4 is 15.5 Å². The molecule has 1 aromatic heterocycles. The largest absolute Gasteiger partial charge is 0.496 e. The number of aryl methyl sites for hydroxylation is 1. The maximum Gasteiger partial charge on any atom is 0.274 e. The van der Waals surface area contributed by atoms with E-state index in [2.05, 4.69) is 15.8 Å². The molecule has 1 heterocycles. The molecule has 0 radical (unpaired) electrons. The van der Waals surface area contributed by atoms with E-state index < -0.39 is 0 Å². The molecule has 2 aromatic rings. The number of methoxy groups -OCH3 is 1. The SMILES string of the molecule is COc1ccccc1C(=O)Nc1sc2c(c1C(=O)NN=C(C)C)CCCCC2. The lowest BCUT2D eigenvalue weighted by atomic mass is 10.0. The first kappa shape index (κ1) is 20.1. The Bertz CT molecular complexity index is 914. The number of nitrogens with one attached hydrogen (secondary N) is 2. The molecule has 2 amide bonds. The quantitative estimate of drug-likeness (QED) is 0.444. The Hall–Kier alpha value is -2.67. The summed E-state index contributed by atoms with van der Waals surface area (Å²) in [7, 11) is 1.53. The minimum Gasteiger partial charge on any atom is -0.496 e. The molecule has 1 aliphatic rings. The number of nitrogens with zero attached hydrogens (tertiary/aromatic N) is 1. The molecule has 0 fully saturated rings. The van der Waals surface area contributed by atoms with E-state index in [1.807, 2.05) is 19.9 Å². The molecule has 0 unspecified atom stereocenters. The predicted octanol–water partition coefficient (Wildman–Crippen LogP) is 4.40. The number of ether oxygens (including phenoxy) is 1. The standard InChI is InChI=1S/C21H25N3O3S/c1-13(2)23-24-20(26)18-15-10-5-4-6-12-17(15)28-21(18)22-19(25)14-9-7-8-11-16(14)27-3/h7-9,11H,4-6,10,12H2,1-3H3,(H,22,25)(H,24,26). The summed E-state index contributed by atoms with van der Waals surface area (Å²) in [4.78, 5) is 26.9. The molecular weight excluding hydrogens is 374 g/mol. The number of carbonyl (C=O) groups is 2. The molecule has 28 heavy (non-hydrogen) atoms. The number of hydrogen-bond acceptors (Lipinski definition) is 5. The molecule has 0 spiro atoms. The minimum absolute atomic E-state index is 0.282. The molecule has 7 heteroatoms. The fraction of sp³-hybridized carbons (Fsp3) is 0.381. The molecule has 0 atom stereocenters. The van der Waals surface area contributed by atoms with Crippen LogP contribution in [0.1, 0.15) is 64.3 Å². The van der Waals surface area contributed by atoms with Gasteiger partial charge in [-0.2, -0.15) is 5.10 Å². The number of anilines is 1. The molecule has 6 nitrogen and oxygen atoms in total. The minimum atomic E-state index is -0.293. The molecule has 3 rings (SSSR count). The van der Waals surface area contributed by atoms with Gasteiger partial charge in [0.2, 0.25) is 0 Å². The zero-order valence-corrected chi connectivity index (χ0v) is 17.2. The first-order chi connectivity index (χ1) is 13.5. The number of benzene rings is 1. The van der Waals surface area contributed by atoms with Gasteiger partial charge in [-0.15, -0.1) is 11.3 Å². The van der Waals surface area contributed by atoms with Gasteiger partial charge >= 0.3 is 0 Å². The Kier molecular flexibility index (Phi) is 6.46. The number of hydrogen-bond donors (Lipinski definition) is 2. The molecule has 0 saturated heterocycles. The monoisotopic (exact) mass is 399 g/mol. The molecule has 0 bridgehead atoms. The lowest BCUT2D eigenvalue weighted by Gasteiger charge is -2.10. The second kappa shape index (κ2) is 9.01. The Morgan fingerprint density at radius 2 is 1.82 bits per heavy atom. The van der Waals surface area contributed by atoms with E-state index in [4.69, 9.17) is 4.74 Å². The van der Waals surface area contributed by atoms with E-state index in [9.17, 15) is 9.59 Å². The summed E-state index contributed by atoms with van der Waals surface area (Å²) in [5.74, 6) is -0.0793.